The minimum Gasteiger partial charge on any atom is -0.466 e. The molecule has 6 nitrogen and oxygen atoms in total. The summed E-state index contributed by atoms with van der Waals surface area (Å²) in [6, 6.07) is 6.44. The van der Waals surface area contributed by atoms with E-state index in [-0.39, 0.29) is 18.9 Å². The fourth-order valence-electron chi connectivity index (χ4n) is 1.71. The highest BCUT2D eigenvalue weighted by molar-refractivity contribution is 5.96. The van der Waals surface area contributed by atoms with Crippen molar-refractivity contribution >= 4 is 11.8 Å². The van der Waals surface area contributed by atoms with Gasteiger partial charge in [0.25, 0.3) is 0 Å². The van der Waals surface area contributed by atoms with Crippen LogP contribution in [0.5, 0.6) is 0 Å². The average molecular weight is 266 g/mol. The zero-order chi connectivity index (χ0) is 14.4. The molecule has 0 radical (unpaired) electrons. The molecular weight excluding hydrogens is 248 g/mol. The number of hydrogen-bond acceptors (Lipinski definition) is 5. The lowest BCUT2D eigenvalue weighted by molar-refractivity contribution is -0.147. The molecule has 0 amide bonds. The van der Waals surface area contributed by atoms with Crippen LogP contribution in [0.3, 0.4) is 0 Å². The summed E-state index contributed by atoms with van der Waals surface area (Å²) >= 11 is 0. The zero-order valence-electron chi connectivity index (χ0n) is 10.7. The summed E-state index contributed by atoms with van der Waals surface area (Å²) in [4.78, 5) is 11.2. The monoisotopic (exact) mass is 266 g/mol. The SMILES string of the molecule is CCOC(=O)CC(O)C(O)c1ccccc1C(=N)N. The molecular formula is C13H18N2O4. The molecule has 0 fully saturated rings. The maximum absolute atomic E-state index is 11.2. The Morgan fingerprint density at radius 3 is 2.63 bits per heavy atom. The highest BCUT2D eigenvalue weighted by atomic mass is 16.5. The Balaban J connectivity index is 2.85. The van der Waals surface area contributed by atoms with Gasteiger partial charge in [0.15, 0.2) is 0 Å². The van der Waals surface area contributed by atoms with Crippen molar-refractivity contribution in [2.45, 2.75) is 25.6 Å². The van der Waals surface area contributed by atoms with Crippen LogP contribution < -0.4 is 5.73 Å². The average Bonchev–Trinajstić information content (AvgIpc) is 2.37. The van der Waals surface area contributed by atoms with Gasteiger partial charge in [-0.1, -0.05) is 24.3 Å². The van der Waals surface area contributed by atoms with Crippen LogP contribution in [0.15, 0.2) is 24.3 Å². The van der Waals surface area contributed by atoms with Crippen LogP contribution in [0.4, 0.5) is 0 Å². The Morgan fingerprint density at radius 1 is 1.42 bits per heavy atom. The van der Waals surface area contributed by atoms with E-state index in [0.29, 0.717) is 11.1 Å². The molecule has 6 heteroatoms. The molecule has 5 N–H and O–H groups in total. The van der Waals surface area contributed by atoms with Crippen molar-refractivity contribution in [3.63, 3.8) is 0 Å². The highest BCUT2D eigenvalue weighted by Crippen LogP contribution is 2.22. The molecule has 0 aromatic heterocycles. The molecule has 2 unspecified atom stereocenters. The maximum atomic E-state index is 11.2. The van der Waals surface area contributed by atoms with E-state index < -0.39 is 18.2 Å². The Labute approximate surface area is 111 Å². The highest BCUT2D eigenvalue weighted by Gasteiger charge is 2.24. The third-order valence-electron chi connectivity index (χ3n) is 2.62. The van der Waals surface area contributed by atoms with Crippen molar-refractivity contribution < 1.29 is 19.7 Å². The second kappa shape index (κ2) is 6.86. The lowest BCUT2D eigenvalue weighted by Crippen LogP contribution is -2.25. The number of nitrogens with one attached hydrogen (secondary N) is 1. The van der Waals surface area contributed by atoms with Gasteiger partial charge in [0.2, 0.25) is 0 Å². The van der Waals surface area contributed by atoms with E-state index in [4.69, 9.17) is 15.9 Å². The molecule has 0 saturated carbocycles. The van der Waals surface area contributed by atoms with Crippen LogP contribution in [0.25, 0.3) is 0 Å². The van der Waals surface area contributed by atoms with Gasteiger partial charge in [-0.05, 0) is 12.5 Å². The molecule has 1 aromatic carbocycles. The first-order valence-electron chi connectivity index (χ1n) is 5.92. The van der Waals surface area contributed by atoms with Gasteiger partial charge in [0.1, 0.15) is 11.9 Å². The quantitative estimate of drug-likeness (QED) is 0.336. The summed E-state index contributed by atoms with van der Waals surface area (Å²) in [5, 5.41) is 27.2. The molecule has 0 aliphatic carbocycles. The number of aliphatic hydroxyl groups is 2. The van der Waals surface area contributed by atoms with Crippen LogP contribution in [0.1, 0.15) is 30.6 Å². The first kappa shape index (κ1) is 15.1. The van der Waals surface area contributed by atoms with E-state index in [1.54, 1.807) is 31.2 Å². The molecule has 1 rings (SSSR count). The number of amidine groups is 1. The minimum absolute atomic E-state index is 0.210. The van der Waals surface area contributed by atoms with Gasteiger partial charge in [-0.2, -0.15) is 0 Å². The summed E-state index contributed by atoms with van der Waals surface area (Å²) in [6.07, 6.45) is -2.93. The van der Waals surface area contributed by atoms with Gasteiger partial charge in [0, 0.05) is 5.56 Å². The van der Waals surface area contributed by atoms with Crippen LogP contribution in [0, 0.1) is 5.41 Å². The number of hydrogen-bond donors (Lipinski definition) is 4. The van der Waals surface area contributed by atoms with Gasteiger partial charge in [-0.15, -0.1) is 0 Å². The Bertz CT molecular complexity index is 462. The largest absolute Gasteiger partial charge is 0.466 e. The standard InChI is InChI=1S/C13H18N2O4/c1-2-19-11(17)7-10(16)12(18)8-5-3-4-6-9(8)13(14)15/h3-6,10,12,16,18H,2,7H2,1H3,(H3,14,15). The van der Waals surface area contributed by atoms with Crippen molar-refractivity contribution in [2.24, 2.45) is 5.73 Å². The molecule has 0 saturated heterocycles. The number of esters is 1. The number of nitrogen functional groups attached to an aromatic ring is 1. The minimum atomic E-state index is -1.31. The van der Waals surface area contributed by atoms with E-state index in [1.807, 2.05) is 0 Å². The van der Waals surface area contributed by atoms with Crippen LogP contribution in [0.2, 0.25) is 0 Å². The second-order valence-electron chi connectivity index (χ2n) is 4.02. The van der Waals surface area contributed by atoms with Gasteiger partial charge >= 0.3 is 5.97 Å². The maximum Gasteiger partial charge on any atom is 0.308 e. The molecule has 0 heterocycles. The van der Waals surface area contributed by atoms with Crippen molar-refractivity contribution in [3.8, 4) is 0 Å². The van der Waals surface area contributed by atoms with E-state index >= 15 is 0 Å². The topological polar surface area (TPSA) is 117 Å². The fraction of sp³-hybridized carbons (Fsp3) is 0.385. The first-order chi connectivity index (χ1) is 8.97. The van der Waals surface area contributed by atoms with E-state index in [9.17, 15) is 15.0 Å². The van der Waals surface area contributed by atoms with Gasteiger partial charge in [-0.3, -0.25) is 10.2 Å². The predicted octanol–water partition coefficient (Wildman–Crippen LogP) is 0.318. The first-order valence-corrected chi connectivity index (χ1v) is 5.92. The third kappa shape index (κ3) is 4.04. The van der Waals surface area contributed by atoms with Gasteiger partial charge in [-0.25, -0.2) is 0 Å². The Hall–Kier alpha value is -1.92. The summed E-state index contributed by atoms with van der Waals surface area (Å²) < 4.78 is 4.70. The normalized spacial score (nSPS) is 13.6. The van der Waals surface area contributed by atoms with Gasteiger partial charge in [0.05, 0.1) is 19.1 Å². The van der Waals surface area contributed by atoms with Crippen molar-refractivity contribution in [1.29, 1.82) is 5.41 Å². The molecule has 0 bridgehead atoms. The molecule has 2 atom stereocenters. The Kier molecular flexibility index (Phi) is 5.47. The van der Waals surface area contributed by atoms with Crippen LogP contribution >= 0.6 is 0 Å². The molecule has 0 aliphatic rings. The number of nitrogens with two attached hydrogens (primary N) is 1. The lowest BCUT2D eigenvalue weighted by Gasteiger charge is -2.19. The van der Waals surface area contributed by atoms with E-state index in [0.717, 1.165) is 0 Å². The summed E-state index contributed by atoms with van der Waals surface area (Å²) in [7, 11) is 0. The number of carbonyl (C=O) groups is 1. The smallest absolute Gasteiger partial charge is 0.308 e. The zero-order valence-corrected chi connectivity index (χ0v) is 10.7. The lowest BCUT2D eigenvalue weighted by atomic mass is 9.96. The summed E-state index contributed by atoms with van der Waals surface area (Å²) in [6.45, 7) is 1.87. The molecule has 1 aromatic rings. The van der Waals surface area contributed by atoms with Crippen LogP contribution in [-0.2, 0) is 9.53 Å². The molecule has 19 heavy (non-hydrogen) atoms. The van der Waals surface area contributed by atoms with Crippen molar-refractivity contribution in [1.82, 2.24) is 0 Å². The number of benzene rings is 1. The van der Waals surface area contributed by atoms with E-state index in [1.165, 1.54) is 0 Å². The Morgan fingerprint density at radius 2 is 2.05 bits per heavy atom. The van der Waals surface area contributed by atoms with Crippen molar-refractivity contribution in [3.05, 3.63) is 35.4 Å². The second-order valence-corrected chi connectivity index (χ2v) is 4.02. The molecule has 104 valence electrons. The van der Waals surface area contributed by atoms with Crippen molar-refractivity contribution in [2.75, 3.05) is 6.61 Å². The number of carbonyl (C=O) groups excluding carboxylic acids is 1. The van der Waals surface area contributed by atoms with Gasteiger partial charge < -0.3 is 20.7 Å². The third-order valence-corrected chi connectivity index (χ3v) is 2.62. The fourth-order valence-corrected chi connectivity index (χ4v) is 1.71. The number of ether oxygens (including phenoxy) is 1. The van der Waals surface area contributed by atoms with E-state index in [2.05, 4.69) is 0 Å². The van der Waals surface area contributed by atoms with Crippen LogP contribution in [-0.4, -0.2) is 34.7 Å². The number of rotatable bonds is 6. The summed E-state index contributed by atoms with van der Waals surface area (Å²) in [5.74, 6) is -0.799. The number of aliphatic hydroxyl groups excluding tert-OH is 2. The molecule has 0 aliphatic heterocycles. The predicted molar refractivity (Wildman–Crippen MR) is 69.7 cm³/mol. The summed E-state index contributed by atoms with van der Waals surface area (Å²) in [5.41, 5.74) is 6.04. The molecule has 0 spiro atoms.